The molecule has 0 unspecified atom stereocenters. The Bertz CT molecular complexity index is 626. The van der Waals surface area contributed by atoms with Crippen molar-refractivity contribution in [2.75, 3.05) is 13.7 Å². The summed E-state index contributed by atoms with van der Waals surface area (Å²) in [5, 5.41) is 2.79. The average Bonchev–Trinajstić information content (AvgIpc) is 2.54. The van der Waals surface area contributed by atoms with E-state index in [0.29, 0.717) is 12.1 Å². The highest BCUT2D eigenvalue weighted by Crippen LogP contribution is 2.23. The largest absolute Gasteiger partial charge is 0.377 e. The second kappa shape index (κ2) is 6.99. The van der Waals surface area contributed by atoms with Gasteiger partial charge in [-0.2, -0.15) is 0 Å². The highest BCUT2D eigenvalue weighted by Gasteiger charge is 2.09. The number of amides is 1. The fraction of sp³-hybridized carbons (Fsp3) is 0.294. The second-order valence-electron chi connectivity index (χ2n) is 4.79. The Balaban J connectivity index is 2.34. The molecule has 21 heavy (non-hydrogen) atoms. The Kier molecular flexibility index (Phi) is 5.06. The molecule has 0 aliphatic rings. The standard InChI is InChI=1S/C17H20N2O2/c1-4-18-17(20)15-8-9-19-16(11-15)14-7-5-6-13(10-14)12(2)21-3/h5-12H,4H2,1-3H3,(H,18,20)/t12-/m1/s1. The van der Waals surface area contributed by atoms with Crippen LogP contribution in [-0.2, 0) is 4.74 Å². The number of hydrogen-bond donors (Lipinski definition) is 1. The number of rotatable bonds is 5. The molecular formula is C17H20N2O2. The first-order valence-electron chi connectivity index (χ1n) is 7.03. The van der Waals surface area contributed by atoms with Gasteiger partial charge in [0.05, 0.1) is 11.8 Å². The van der Waals surface area contributed by atoms with Gasteiger partial charge in [-0.15, -0.1) is 0 Å². The number of pyridine rings is 1. The van der Waals surface area contributed by atoms with E-state index >= 15 is 0 Å². The lowest BCUT2D eigenvalue weighted by Crippen LogP contribution is -2.22. The van der Waals surface area contributed by atoms with Crippen LogP contribution in [0.1, 0.15) is 35.9 Å². The quantitative estimate of drug-likeness (QED) is 0.917. The lowest BCUT2D eigenvalue weighted by atomic mass is 10.0. The third kappa shape index (κ3) is 3.67. The number of hydrogen-bond acceptors (Lipinski definition) is 3. The van der Waals surface area contributed by atoms with Crippen molar-refractivity contribution in [3.05, 3.63) is 53.7 Å². The number of carbonyl (C=O) groups is 1. The minimum absolute atomic E-state index is 0.0246. The fourth-order valence-electron chi connectivity index (χ4n) is 2.08. The first kappa shape index (κ1) is 15.2. The number of nitrogens with zero attached hydrogens (tertiary/aromatic N) is 1. The lowest BCUT2D eigenvalue weighted by Gasteiger charge is -2.11. The van der Waals surface area contributed by atoms with Crippen LogP contribution in [0.2, 0.25) is 0 Å². The van der Waals surface area contributed by atoms with Crippen molar-refractivity contribution in [1.82, 2.24) is 10.3 Å². The van der Waals surface area contributed by atoms with E-state index in [4.69, 9.17) is 4.74 Å². The summed E-state index contributed by atoms with van der Waals surface area (Å²) in [6.45, 7) is 4.50. The van der Waals surface area contributed by atoms with E-state index in [-0.39, 0.29) is 12.0 Å². The minimum Gasteiger partial charge on any atom is -0.377 e. The lowest BCUT2D eigenvalue weighted by molar-refractivity contribution is 0.0955. The Morgan fingerprint density at radius 3 is 2.86 bits per heavy atom. The first-order valence-corrected chi connectivity index (χ1v) is 7.03. The molecule has 1 atom stereocenters. The topological polar surface area (TPSA) is 51.2 Å². The summed E-state index contributed by atoms with van der Waals surface area (Å²) in [4.78, 5) is 16.2. The Labute approximate surface area is 125 Å². The monoisotopic (exact) mass is 284 g/mol. The van der Waals surface area contributed by atoms with Crippen LogP contribution in [0.5, 0.6) is 0 Å². The number of benzene rings is 1. The van der Waals surface area contributed by atoms with Crippen molar-refractivity contribution < 1.29 is 9.53 Å². The normalized spacial score (nSPS) is 12.0. The van der Waals surface area contributed by atoms with Crippen LogP contribution in [0.25, 0.3) is 11.3 Å². The van der Waals surface area contributed by atoms with Crippen molar-refractivity contribution >= 4 is 5.91 Å². The van der Waals surface area contributed by atoms with Crippen molar-refractivity contribution in [1.29, 1.82) is 0 Å². The molecule has 1 N–H and O–H groups in total. The van der Waals surface area contributed by atoms with Gasteiger partial charge in [0.25, 0.3) is 5.91 Å². The van der Waals surface area contributed by atoms with Crippen molar-refractivity contribution in [3.63, 3.8) is 0 Å². The summed E-state index contributed by atoms with van der Waals surface area (Å²) in [5.41, 5.74) is 3.46. The van der Waals surface area contributed by atoms with Gasteiger partial charge in [-0.1, -0.05) is 18.2 Å². The summed E-state index contributed by atoms with van der Waals surface area (Å²) in [6.07, 6.45) is 1.68. The first-order chi connectivity index (χ1) is 10.2. The zero-order valence-electron chi connectivity index (χ0n) is 12.6. The van der Waals surface area contributed by atoms with Crippen LogP contribution in [-0.4, -0.2) is 24.5 Å². The molecule has 1 heterocycles. The molecule has 2 rings (SSSR count). The van der Waals surface area contributed by atoms with Gasteiger partial charge in [0.15, 0.2) is 0 Å². The molecule has 1 amide bonds. The highest BCUT2D eigenvalue weighted by molar-refractivity contribution is 5.95. The van der Waals surface area contributed by atoms with E-state index in [0.717, 1.165) is 16.8 Å². The fourth-order valence-corrected chi connectivity index (χ4v) is 2.08. The number of carbonyl (C=O) groups excluding carboxylic acids is 1. The molecule has 0 saturated carbocycles. The Morgan fingerprint density at radius 1 is 1.33 bits per heavy atom. The van der Waals surface area contributed by atoms with Crippen LogP contribution < -0.4 is 5.32 Å². The van der Waals surface area contributed by atoms with Crippen molar-refractivity contribution in [2.45, 2.75) is 20.0 Å². The van der Waals surface area contributed by atoms with Gasteiger partial charge in [-0.25, -0.2) is 0 Å². The summed E-state index contributed by atoms with van der Waals surface area (Å²) in [5.74, 6) is -0.0810. The summed E-state index contributed by atoms with van der Waals surface area (Å²) in [6, 6.07) is 11.5. The molecule has 0 aliphatic heterocycles. The van der Waals surface area contributed by atoms with Gasteiger partial charge >= 0.3 is 0 Å². The molecule has 4 heteroatoms. The summed E-state index contributed by atoms with van der Waals surface area (Å²) >= 11 is 0. The van der Waals surface area contributed by atoms with Gasteiger partial charge in [0.2, 0.25) is 0 Å². The number of aromatic nitrogens is 1. The molecule has 110 valence electrons. The molecule has 1 aromatic heterocycles. The van der Waals surface area contributed by atoms with E-state index < -0.39 is 0 Å². The molecule has 0 saturated heterocycles. The van der Waals surface area contributed by atoms with E-state index in [1.54, 1.807) is 19.4 Å². The number of ether oxygens (including phenoxy) is 1. The van der Waals surface area contributed by atoms with Gasteiger partial charge in [-0.05, 0) is 37.6 Å². The molecule has 0 fully saturated rings. The minimum atomic E-state index is -0.0810. The molecule has 0 radical (unpaired) electrons. The Morgan fingerprint density at radius 2 is 2.14 bits per heavy atom. The van der Waals surface area contributed by atoms with E-state index in [9.17, 15) is 4.79 Å². The average molecular weight is 284 g/mol. The molecule has 0 bridgehead atoms. The van der Waals surface area contributed by atoms with Crippen LogP contribution in [0.15, 0.2) is 42.6 Å². The number of nitrogens with one attached hydrogen (secondary N) is 1. The van der Waals surface area contributed by atoms with Gasteiger partial charge in [0, 0.05) is 31.0 Å². The van der Waals surface area contributed by atoms with Gasteiger partial charge in [0.1, 0.15) is 0 Å². The van der Waals surface area contributed by atoms with Crippen LogP contribution in [0.3, 0.4) is 0 Å². The SMILES string of the molecule is CCNC(=O)c1ccnc(-c2cccc([C@@H](C)OC)c2)c1. The van der Waals surface area contributed by atoms with Gasteiger partial charge < -0.3 is 10.1 Å². The smallest absolute Gasteiger partial charge is 0.251 e. The maximum absolute atomic E-state index is 11.9. The van der Waals surface area contributed by atoms with Crippen molar-refractivity contribution in [2.24, 2.45) is 0 Å². The van der Waals surface area contributed by atoms with E-state index in [1.165, 1.54) is 0 Å². The maximum Gasteiger partial charge on any atom is 0.251 e. The Hall–Kier alpha value is -2.20. The molecular weight excluding hydrogens is 264 g/mol. The maximum atomic E-state index is 11.9. The van der Waals surface area contributed by atoms with Crippen LogP contribution in [0.4, 0.5) is 0 Å². The summed E-state index contributed by atoms with van der Waals surface area (Å²) in [7, 11) is 1.69. The molecule has 1 aromatic carbocycles. The number of methoxy groups -OCH3 is 1. The van der Waals surface area contributed by atoms with Crippen LogP contribution >= 0.6 is 0 Å². The zero-order chi connectivity index (χ0) is 15.2. The highest BCUT2D eigenvalue weighted by atomic mass is 16.5. The predicted molar refractivity (Wildman–Crippen MR) is 83.1 cm³/mol. The van der Waals surface area contributed by atoms with Crippen LogP contribution in [0, 0.1) is 0 Å². The van der Waals surface area contributed by atoms with Gasteiger partial charge in [-0.3, -0.25) is 9.78 Å². The van der Waals surface area contributed by atoms with Crippen molar-refractivity contribution in [3.8, 4) is 11.3 Å². The summed E-state index contributed by atoms with van der Waals surface area (Å²) < 4.78 is 5.34. The molecule has 4 nitrogen and oxygen atoms in total. The van der Waals surface area contributed by atoms with E-state index in [1.807, 2.05) is 44.2 Å². The van der Waals surface area contributed by atoms with E-state index in [2.05, 4.69) is 10.3 Å². The molecule has 2 aromatic rings. The second-order valence-corrected chi connectivity index (χ2v) is 4.79. The third-order valence-electron chi connectivity index (χ3n) is 3.36. The zero-order valence-corrected chi connectivity index (χ0v) is 12.6. The molecule has 0 aliphatic carbocycles. The third-order valence-corrected chi connectivity index (χ3v) is 3.36. The molecule has 0 spiro atoms. The predicted octanol–water partition coefficient (Wildman–Crippen LogP) is 3.21.